The maximum Gasteiger partial charge on any atom is 0.254 e. The Labute approximate surface area is 146 Å². The van der Waals surface area contributed by atoms with Gasteiger partial charge in [-0.2, -0.15) is 0 Å². The van der Waals surface area contributed by atoms with Gasteiger partial charge in [0.2, 0.25) is 5.91 Å². The van der Waals surface area contributed by atoms with Gasteiger partial charge in [-0.15, -0.1) is 12.4 Å². The van der Waals surface area contributed by atoms with Crippen LogP contribution in [0.5, 0.6) is 5.75 Å². The molecule has 0 spiro atoms. The van der Waals surface area contributed by atoms with Crippen molar-refractivity contribution in [2.45, 2.75) is 6.42 Å². The van der Waals surface area contributed by atoms with Crippen molar-refractivity contribution in [2.24, 2.45) is 5.73 Å². The van der Waals surface area contributed by atoms with Crippen molar-refractivity contribution in [3.05, 3.63) is 41.2 Å². The number of nitrogens with zero attached hydrogens (tertiary/aromatic N) is 1. The number of fused-ring (bicyclic) bond motifs is 1. The zero-order valence-electron chi connectivity index (χ0n) is 13.4. The van der Waals surface area contributed by atoms with Gasteiger partial charge in [0.15, 0.2) is 0 Å². The predicted octanol–water partition coefficient (Wildman–Crippen LogP) is 1.04. The third-order valence-electron chi connectivity index (χ3n) is 3.70. The summed E-state index contributed by atoms with van der Waals surface area (Å²) >= 11 is 0. The quantitative estimate of drug-likeness (QED) is 0.796. The Morgan fingerprint density at radius 2 is 2.25 bits per heavy atom. The molecule has 0 fully saturated rings. The summed E-state index contributed by atoms with van der Waals surface area (Å²) in [4.78, 5) is 25.3. The van der Waals surface area contributed by atoms with Crippen LogP contribution in [-0.2, 0) is 11.2 Å². The second-order valence-electron chi connectivity index (χ2n) is 5.23. The summed E-state index contributed by atoms with van der Waals surface area (Å²) in [6, 6.07) is 5.10. The van der Waals surface area contributed by atoms with Crippen LogP contribution in [0.2, 0.25) is 0 Å². The molecule has 8 heteroatoms. The average molecular weight is 358 g/mol. The van der Waals surface area contributed by atoms with E-state index in [9.17, 15) is 14.0 Å². The minimum absolute atomic E-state index is 0. The van der Waals surface area contributed by atoms with E-state index in [2.05, 4.69) is 5.32 Å². The molecule has 0 aromatic heterocycles. The number of hydrogen-bond acceptors (Lipinski definition) is 4. The van der Waals surface area contributed by atoms with Gasteiger partial charge in [-0.1, -0.05) is 0 Å². The predicted molar refractivity (Wildman–Crippen MR) is 91.1 cm³/mol. The number of ether oxygens (including phenoxy) is 1. The van der Waals surface area contributed by atoms with Crippen LogP contribution in [0.1, 0.15) is 15.9 Å². The van der Waals surface area contributed by atoms with Crippen LogP contribution in [-0.4, -0.2) is 50.0 Å². The summed E-state index contributed by atoms with van der Waals surface area (Å²) in [5.41, 5.74) is 7.15. The van der Waals surface area contributed by atoms with E-state index in [0.29, 0.717) is 36.2 Å². The summed E-state index contributed by atoms with van der Waals surface area (Å²) in [6.45, 7) is 0.687. The molecule has 0 saturated carbocycles. The summed E-state index contributed by atoms with van der Waals surface area (Å²) in [5.74, 6) is 0.186. The van der Waals surface area contributed by atoms with Crippen molar-refractivity contribution >= 4 is 24.2 Å². The number of hydrogen-bond donors (Lipinski definition) is 2. The maximum absolute atomic E-state index is 12.5. The fraction of sp³-hybridized carbons (Fsp3) is 0.375. The molecule has 0 radical (unpaired) electrons. The van der Waals surface area contributed by atoms with Gasteiger partial charge in [0.25, 0.3) is 5.91 Å². The number of amides is 2. The number of rotatable bonds is 6. The molecule has 2 rings (SSSR count). The van der Waals surface area contributed by atoms with Gasteiger partial charge < -0.3 is 20.7 Å². The minimum Gasteiger partial charge on any atom is -0.489 e. The molecule has 1 aromatic carbocycles. The fourth-order valence-electron chi connectivity index (χ4n) is 2.32. The largest absolute Gasteiger partial charge is 0.489 e. The molecule has 6 nitrogen and oxygen atoms in total. The highest BCUT2D eigenvalue weighted by Gasteiger charge is 2.25. The third kappa shape index (κ3) is 4.69. The first kappa shape index (κ1) is 19.9. The van der Waals surface area contributed by atoms with E-state index in [1.165, 1.54) is 11.9 Å². The van der Waals surface area contributed by atoms with Crippen LogP contribution in [0.3, 0.4) is 0 Å². The third-order valence-corrected chi connectivity index (χ3v) is 3.70. The maximum atomic E-state index is 12.5. The molecule has 0 aliphatic carbocycles. The first-order valence-electron chi connectivity index (χ1n) is 7.32. The lowest BCUT2D eigenvalue weighted by atomic mass is 9.98. The molecule has 0 saturated heterocycles. The number of halogens is 2. The average Bonchev–Trinajstić information content (AvgIpc) is 2.58. The normalized spacial score (nSPS) is 13.9. The number of nitrogens with one attached hydrogen (secondary N) is 1. The molecule has 1 aliphatic rings. The molecule has 1 aliphatic heterocycles. The second-order valence-corrected chi connectivity index (χ2v) is 5.23. The molecule has 0 unspecified atom stereocenters. The highest BCUT2D eigenvalue weighted by molar-refractivity contribution is 5.98. The highest BCUT2D eigenvalue weighted by Crippen LogP contribution is 2.24. The Morgan fingerprint density at radius 1 is 1.50 bits per heavy atom. The highest BCUT2D eigenvalue weighted by atomic mass is 35.5. The van der Waals surface area contributed by atoms with E-state index in [-0.39, 0.29) is 43.9 Å². The van der Waals surface area contributed by atoms with Crippen LogP contribution in [0.25, 0.3) is 0 Å². The number of benzene rings is 1. The summed E-state index contributed by atoms with van der Waals surface area (Å²) in [6.07, 6.45) is 1.08. The second kappa shape index (κ2) is 9.24. The van der Waals surface area contributed by atoms with E-state index in [4.69, 9.17) is 10.5 Å². The van der Waals surface area contributed by atoms with Crippen LogP contribution >= 0.6 is 12.4 Å². The first-order chi connectivity index (χ1) is 11.1. The molecule has 0 bridgehead atoms. The van der Waals surface area contributed by atoms with Gasteiger partial charge >= 0.3 is 0 Å². The molecule has 1 heterocycles. The molecular weight excluding hydrogens is 337 g/mol. The van der Waals surface area contributed by atoms with Crippen molar-refractivity contribution in [3.63, 3.8) is 0 Å². The number of nitrogens with two attached hydrogens (primary N) is 1. The molecule has 1 aromatic rings. The summed E-state index contributed by atoms with van der Waals surface area (Å²) in [7, 11) is 1.54. The summed E-state index contributed by atoms with van der Waals surface area (Å²) in [5, 5.41) is 2.51. The lowest BCUT2D eigenvalue weighted by Gasteiger charge is -2.28. The van der Waals surface area contributed by atoms with Crippen molar-refractivity contribution in [3.8, 4) is 5.75 Å². The molecule has 132 valence electrons. The van der Waals surface area contributed by atoms with E-state index in [0.717, 1.165) is 5.56 Å². The van der Waals surface area contributed by atoms with Crippen LogP contribution < -0.4 is 15.8 Å². The van der Waals surface area contributed by atoms with E-state index in [1.54, 1.807) is 18.2 Å². The van der Waals surface area contributed by atoms with E-state index >= 15 is 0 Å². The number of carbonyl (C=O) groups excluding carboxylic acids is 2. The van der Waals surface area contributed by atoms with Gasteiger partial charge in [-0.3, -0.25) is 9.59 Å². The lowest BCUT2D eigenvalue weighted by molar-refractivity contribution is -0.121. The lowest BCUT2D eigenvalue weighted by Crippen LogP contribution is -2.43. The van der Waals surface area contributed by atoms with Crippen molar-refractivity contribution < 1.29 is 18.7 Å². The Hall–Kier alpha value is -2.12. The van der Waals surface area contributed by atoms with E-state index in [1.807, 2.05) is 0 Å². The SMILES string of the molecule is CNC(=O)CN1CCc2cc(OC/C(=C/F)CN)ccc2C1=O.Cl. The fourth-order valence-corrected chi connectivity index (χ4v) is 2.32. The van der Waals surface area contributed by atoms with Crippen LogP contribution in [0, 0.1) is 0 Å². The smallest absolute Gasteiger partial charge is 0.254 e. The van der Waals surface area contributed by atoms with Gasteiger partial charge in [0, 0.05) is 31.3 Å². The Kier molecular flexibility index (Phi) is 7.67. The van der Waals surface area contributed by atoms with Crippen LogP contribution in [0.15, 0.2) is 30.1 Å². The first-order valence-corrected chi connectivity index (χ1v) is 7.32. The Bertz CT molecular complexity index is 637. The Balaban J connectivity index is 0.00000288. The Morgan fingerprint density at radius 3 is 2.88 bits per heavy atom. The zero-order valence-corrected chi connectivity index (χ0v) is 14.2. The van der Waals surface area contributed by atoms with Gasteiger partial charge in [-0.05, 0) is 30.2 Å². The molecular formula is C16H21ClFN3O3. The number of likely N-dealkylation sites (N-methyl/N-ethyl adjacent to an activating group) is 1. The molecule has 3 N–H and O–H groups in total. The minimum atomic E-state index is -0.200. The monoisotopic (exact) mass is 357 g/mol. The van der Waals surface area contributed by atoms with Gasteiger partial charge in [0.05, 0.1) is 12.9 Å². The van der Waals surface area contributed by atoms with Gasteiger partial charge in [0.1, 0.15) is 12.4 Å². The molecule has 24 heavy (non-hydrogen) atoms. The van der Waals surface area contributed by atoms with Crippen molar-refractivity contribution in [1.82, 2.24) is 10.2 Å². The number of carbonyl (C=O) groups is 2. The van der Waals surface area contributed by atoms with Gasteiger partial charge in [-0.25, -0.2) is 4.39 Å². The zero-order chi connectivity index (χ0) is 16.8. The summed E-state index contributed by atoms with van der Waals surface area (Å²) < 4.78 is 17.9. The van der Waals surface area contributed by atoms with E-state index < -0.39 is 0 Å². The van der Waals surface area contributed by atoms with Crippen LogP contribution in [0.4, 0.5) is 4.39 Å². The molecule has 2 amide bonds. The standard InChI is InChI=1S/C16H20FN3O3.ClH/c1-19-15(21)9-20-5-4-12-6-13(2-3-14(12)16(20)22)23-10-11(7-17)8-18;/h2-3,6-7H,4-5,8-10,18H2,1H3,(H,19,21);1H/b11-7+;. The topological polar surface area (TPSA) is 84.7 Å². The van der Waals surface area contributed by atoms with Crippen molar-refractivity contribution in [2.75, 3.05) is 33.3 Å². The molecule has 0 atom stereocenters. The van der Waals surface area contributed by atoms with Crippen molar-refractivity contribution in [1.29, 1.82) is 0 Å².